The third kappa shape index (κ3) is 4.83. The molecule has 33 heavy (non-hydrogen) atoms. The van der Waals surface area contributed by atoms with Gasteiger partial charge in [0.25, 0.3) is 0 Å². The molecule has 1 unspecified atom stereocenters. The van der Waals surface area contributed by atoms with E-state index >= 15 is 0 Å². The Morgan fingerprint density at radius 1 is 1.12 bits per heavy atom. The molecule has 1 aromatic carbocycles. The Balaban J connectivity index is 2.08. The van der Waals surface area contributed by atoms with Crippen molar-refractivity contribution in [3.63, 3.8) is 0 Å². The van der Waals surface area contributed by atoms with Crippen LogP contribution in [0.15, 0.2) is 42.5 Å². The second kappa shape index (κ2) is 11.0. The first-order valence-electron chi connectivity index (χ1n) is 12.1. The maximum atomic E-state index is 14.0. The molecule has 3 amide bonds. The molecule has 2 aliphatic rings. The van der Waals surface area contributed by atoms with E-state index in [0.717, 1.165) is 24.8 Å². The molecule has 3 N–H and O–H groups in total. The first kappa shape index (κ1) is 25.0. The number of fused-ring (bicyclic) bond motifs is 1. The third-order valence-electron chi connectivity index (χ3n) is 7.14. The van der Waals surface area contributed by atoms with Crippen LogP contribution in [-0.2, 0) is 14.4 Å². The summed E-state index contributed by atoms with van der Waals surface area (Å²) in [7, 11) is 1.58. The molecule has 1 aliphatic carbocycles. The van der Waals surface area contributed by atoms with Crippen molar-refractivity contribution in [1.29, 1.82) is 0 Å². The minimum absolute atomic E-state index is 0.0338. The van der Waals surface area contributed by atoms with Crippen LogP contribution in [-0.4, -0.2) is 53.5 Å². The number of benzene rings is 1. The first-order chi connectivity index (χ1) is 15.9. The van der Waals surface area contributed by atoms with E-state index in [1.165, 1.54) is 4.90 Å². The van der Waals surface area contributed by atoms with E-state index in [4.69, 9.17) is 0 Å². The average molecular weight is 456 g/mol. The molecule has 1 aliphatic heterocycles. The Kier molecular flexibility index (Phi) is 8.30. The predicted molar refractivity (Wildman–Crippen MR) is 127 cm³/mol. The van der Waals surface area contributed by atoms with Crippen LogP contribution >= 0.6 is 0 Å². The van der Waals surface area contributed by atoms with Crippen LogP contribution in [0.2, 0.25) is 0 Å². The van der Waals surface area contributed by atoms with Crippen LogP contribution in [0.1, 0.15) is 51.6 Å². The van der Waals surface area contributed by atoms with Gasteiger partial charge in [-0.15, -0.1) is 0 Å². The highest BCUT2D eigenvalue weighted by atomic mass is 16.3. The standard InChI is InChI=1S/C26H37N3O4/c1-5-10-16(3)28-25(32)23-19-14-13-17(6-2)21(24(31)27-4)22(19)26(33)29(23)20(15-30)18-11-8-7-9-12-18/h7-9,11-14,16-17,19-23,30H,5-6,10,15H2,1-4H3,(H,27,31)(H,28,32)/t16?,17-,19+,20-,21-,22-,23+/m1/s1. The summed E-state index contributed by atoms with van der Waals surface area (Å²) >= 11 is 0. The van der Waals surface area contributed by atoms with Gasteiger partial charge < -0.3 is 20.6 Å². The Morgan fingerprint density at radius 3 is 2.39 bits per heavy atom. The van der Waals surface area contributed by atoms with E-state index in [1.807, 2.05) is 56.3 Å². The summed E-state index contributed by atoms with van der Waals surface area (Å²) in [4.78, 5) is 42.0. The SMILES string of the molecule is CCCC(C)NC(=O)[C@@H]1[C@H]2C=C[C@@H](CC)[C@@H](C(=O)NC)[C@@H]2C(=O)N1[C@H](CO)c1ccccc1. The summed E-state index contributed by atoms with van der Waals surface area (Å²) in [5.74, 6) is -2.38. The van der Waals surface area contributed by atoms with Crippen LogP contribution in [0.3, 0.4) is 0 Å². The van der Waals surface area contributed by atoms with Gasteiger partial charge in [-0.05, 0) is 31.2 Å². The zero-order valence-electron chi connectivity index (χ0n) is 20.0. The van der Waals surface area contributed by atoms with Gasteiger partial charge in [-0.3, -0.25) is 14.4 Å². The number of allylic oxidation sites excluding steroid dienone is 1. The maximum Gasteiger partial charge on any atom is 0.243 e. The summed E-state index contributed by atoms with van der Waals surface area (Å²) in [5, 5.41) is 16.1. The fraction of sp³-hybridized carbons (Fsp3) is 0.577. The van der Waals surface area contributed by atoms with Crippen molar-refractivity contribution in [1.82, 2.24) is 15.5 Å². The van der Waals surface area contributed by atoms with E-state index in [0.29, 0.717) is 0 Å². The van der Waals surface area contributed by atoms with Crippen molar-refractivity contribution in [2.24, 2.45) is 23.7 Å². The molecule has 0 saturated carbocycles. The summed E-state index contributed by atoms with van der Waals surface area (Å²) in [6.45, 7) is 5.70. The topological polar surface area (TPSA) is 98.7 Å². The third-order valence-corrected chi connectivity index (χ3v) is 7.14. The molecule has 7 nitrogen and oxygen atoms in total. The molecule has 1 aromatic rings. The van der Waals surface area contributed by atoms with Crippen LogP contribution in [0.25, 0.3) is 0 Å². The summed E-state index contributed by atoms with van der Waals surface area (Å²) in [6, 6.07) is 7.79. The van der Waals surface area contributed by atoms with E-state index < -0.39 is 29.8 Å². The quantitative estimate of drug-likeness (QED) is 0.498. The Labute approximate surface area is 196 Å². The van der Waals surface area contributed by atoms with E-state index in [9.17, 15) is 19.5 Å². The number of carbonyl (C=O) groups is 3. The number of hydrogen-bond donors (Lipinski definition) is 3. The lowest BCUT2D eigenvalue weighted by atomic mass is 9.69. The van der Waals surface area contributed by atoms with Gasteiger partial charge >= 0.3 is 0 Å². The molecule has 180 valence electrons. The molecule has 1 saturated heterocycles. The van der Waals surface area contributed by atoms with Crippen molar-refractivity contribution in [2.45, 2.75) is 58.2 Å². The van der Waals surface area contributed by atoms with E-state index in [-0.39, 0.29) is 36.3 Å². The zero-order valence-corrected chi connectivity index (χ0v) is 20.0. The highest BCUT2D eigenvalue weighted by molar-refractivity contribution is 5.97. The van der Waals surface area contributed by atoms with Crippen LogP contribution < -0.4 is 10.6 Å². The number of likely N-dealkylation sites (tertiary alicyclic amines) is 1. The highest BCUT2D eigenvalue weighted by Crippen LogP contribution is 2.47. The summed E-state index contributed by atoms with van der Waals surface area (Å²) in [6.07, 6.45) is 6.42. The molecule has 0 bridgehead atoms. The number of carbonyl (C=O) groups excluding carboxylic acids is 3. The van der Waals surface area contributed by atoms with Gasteiger partial charge in [-0.1, -0.05) is 62.8 Å². The van der Waals surface area contributed by atoms with Crippen molar-refractivity contribution in [2.75, 3.05) is 13.7 Å². The van der Waals surface area contributed by atoms with Crippen LogP contribution in [0, 0.1) is 23.7 Å². The van der Waals surface area contributed by atoms with Crippen molar-refractivity contribution >= 4 is 17.7 Å². The maximum absolute atomic E-state index is 14.0. The van der Waals surface area contributed by atoms with Crippen molar-refractivity contribution in [3.8, 4) is 0 Å². The predicted octanol–water partition coefficient (Wildman–Crippen LogP) is 2.43. The Hall–Kier alpha value is -2.67. The average Bonchev–Trinajstić information content (AvgIpc) is 3.11. The Bertz CT molecular complexity index is 872. The molecule has 0 spiro atoms. The lowest BCUT2D eigenvalue weighted by molar-refractivity contribution is -0.143. The van der Waals surface area contributed by atoms with Gasteiger partial charge in [0.15, 0.2) is 0 Å². The number of aliphatic hydroxyl groups is 1. The van der Waals surface area contributed by atoms with Gasteiger partial charge in [0, 0.05) is 19.0 Å². The molecule has 7 atom stereocenters. The molecule has 0 radical (unpaired) electrons. The minimum Gasteiger partial charge on any atom is -0.394 e. The Morgan fingerprint density at radius 2 is 1.82 bits per heavy atom. The molecule has 7 heteroatoms. The van der Waals surface area contributed by atoms with Gasteiger partial charge in [-0.2, -0.15) is 0 Å². The van der Waals surface area contributed by atoms with Gasteiger partial charge in [0.2, 0.25) is 17.7 Å². The van der Waals surface area contributed by atoms with Gasteiger partial charge in [0.1, 0.15) is 6.04 Å². The second-order valence-corrected chi connectivity index (χ2v) is 9.20. The van der Waals surface area contributed by atoms with Crippen LogP contribution in [0.4, 0.5) is 0 Å². The number of nitrogens with one attached hydrogen (secondary N) is 2. The fourth-order valence-corrected chi connectivity index (χ4v) is 5.56. The zero-order chi connectivity index (χ0) is 24.1. The number of hydrogen-bond acceptors (Lipinski definition) is 4. The monoisotopic (exact) mass is 455 g/mol. The van der Waals surface area contributed by atoms with Gasteiger partial charge in [-0.25, -0.2) is 0 Å². The lowest BCUT2D eigenvalue weighted by Crippen LogP contribution is -2.51. The summed E-state index contributed by atoms with van der Waals surface area (Å²) < 4.78 is 0. The van der Waals surface area contributed by atoms with E-state index in [1.54, 1.807) is 7.05 Å². The van der Waals surface area contributed by atoms with Crippen molar-refractivity contribution < 1.29 is 19.5 Å². The lowest BCUT2D eigenvalue weighted by Gasteiger charge is -2.34. The number of nitrogens with zero attached hydrogens (tertiary/aromatic N) is 1. The smallest absolute Gasteiger partial charge is 0.243 e. The first-order valence-corrected chi connectivity index (χ1v) is 12.1. The molecule has 3 rings (SSSR count). The number of rotatable bonds is 9. The highest BCUT2D eigenvalue weighted by Gasteiger charge is 2.58. The molecule has 1 fully saturated rings. The second-order valence-electron chi connectivity index (χ2n) is 9.20. The van der Waals surface area contributed by atoms with Crippen molar-refractivity contribution in [3.05, 3.63) is 48.0 Å². The normalized spacial score (nSPS) is 28.2. The number of amides is 3. The molecule has 1 heterocycles. The summed E-state index contributed by atoms with van der Waals surface area (Å²) in [5.41, 5.74) is 0.763. The van der Waals surface area contributed by atoms with Crippen LogP contribution in [0.5, 0.6) is 0 Å². The van der Waals surface area contributed by atoms with E-state index in [2.05, 4.69) is 17.6 Å². The van der Waals surface area contributed by atoms with Gasteiger partial charge in [0.05, 0.1) is 24.5 Å². The molecule has 0 aromatic heterocycles. The fourth-order valence-electron chi connectivity index (χ4n) is 5.56. The molecular formula is C26H37N3O4. The minimum atomic E-state index is -0.791. The largest absolute Gasteiger partial charge is 0.394 e. The number of aliphatic hydroxyl groups excluding tert-OH is 1. The molecular weight excluding hydrogens is 418 g/mol.